The summed E-state index contributed by atoms with van der Waals surface area (Å²) in [5.41, 5.74) is 7.70. The van der Waals surface area contributed by atoms with Crippen LogP contribution in [0.1, 0.15) is 103 Å². The molecule has 0 aliphatic rings. The van der Waals surface area contributed by atoms with Crippen molar-refractivity contribution in [3.05, 3.63) is 152 Å². The molecule has 0 saturated heterocycles. The lowest BCUT2D eigenvalue weighted by Crippen LogP contribution is -2.24. The van der Waals surface area contributed by atoms with Gasteiger partial charge in [0.25, 0.3) is 11.1 Å². The van der Waals surface area contributed by atoms with Crippen molar-refractivity contribution in [2.75, 3.05) is 0 Å². The van der Waals surface area contributed by atoms with E-state index >= 15 is 0 Å². The number of hydrogen-bond acceptors (Lipinski definition) is 11. The predicted octanol–water partition coefficient (Wildman–Crippen LogP) is 9.09. The molecule has 2 aromatic heterocycles. The first-order valence-corrected chi connectivity index (χ1v) is 21.2. The molecule has 0 amide bonds. The average molecular weight is 943 g/mol. The minimum Gasteiger partial charge on any atom is -0.460 e. The fourth-order valence-electron chi connectivity index (χ4n) is 7.08. The summed E-state index contributed by atoms with van der Waals surface area (Å²) in [6.07, 6.45) is 4.15. The lowest BCUT2D eigenvalue weighted by molar-refractivity contribution is -0.156. The zero-order valence-corrected chi connectivity index (χ0v) is 39.2. The van der Waals surface area contributed by atoms with Crippen LogP contribution in [0.5, 0.6) is 0 Å². The van der Waals surface area contributed by atoms with Crippen LogP contribution in [0.15, 0.2) is 112 Å². The van der Waals surface area contributed by atoms with Crippen molar-refractivity contribution in [2.24, 2.45) is 16.8 Å². The maximum Gasteiger partial charge on any atom is 0.306 e. The molecule has 0 atom stereocenters. The summed E-state index contributed by atoms with van der Waals surface area (Å²) in [5.74, 6) is 2.16. The Balaban J connectivity index is 0.000000338. The minimum atomic E-state index is -0.532. The molecule has 0 bridgehead atoms. The number of nitrogens with two attached hydrogens (primary N) is 2. The molecule has 0 fully saturated rings. The molecule has 2 heterocycles. The van der Waals surface area contributed by atoms with E-state index in [-0.39, 0.29) is 53.5 Å². The molecular formula is C50H57ClF2N6O8. The summed E-state index contributed by atoms with van der Waals surface area (Å²) in [4.78, 5) is 50.6. The molecule has 6 aromatic rings. The van der Waals surface area contributed by atoms with Gasteiger partial charge >= 0.3 is 11.9 Å². The number of benzene rings is 4. The molecule has 0 spiro atoms. The van der Waals surface area contributed by atoms with Gasteiger partial charge in [-0.25, -0.2) is 14.7 Å². The molecule has 0 aliphatic heterocycles. The van der Waals surface area contributed by atoms with Gasteiger partial charge in [0.2, 0.25) is 0 Å². The lowest BCUT2D eigenvalue weighted by Gasteiger charge is -2.19. The Morgan fingerprint density at radius 1 is 0.657 bits per heavy atom. The van der Waals surface area contributed by atoms with E-state index in [0.29, 0.717) is 94.7 Å². The first-order valence-electron chi connectivity index (χ1n) is 21.2. The number of nitrogens with zero attached hydrogens (tertiary/aromatic N) is 4. The van der Waals surface area contributed by atoms with Crippen molar-refractivity contribution < 1.29 is 38.3 Å². The molecule has 17 heteroatoms. The second-order valence-corrected chi connectivity index (χ2v) is 17.3. The van der Waals surface area contributed by atoms with Gasteiger partial charge in [-0.2, -0.15) is 5.26 Å². The van der Waals surface area contributed by atoms with Crippen LogP contribution in [-0.4, -0.2) is 48.5 Å². The quantitative estimate of drug-likeness (QED) is 0.0213. The molecule has 6 N–H and O–H groups in total. The van der Waals surface area contributed by atoms with Gasteiger partial charge in [0.05, 0.1) is 11.6 Å². The Hall–Kier alpha value is -6.93. The Morgan fingerprint density at radius 2 is 1.06 bits per heavy atom. The number of nitriles is 1. The zero-order valence-electron chi connectivity index (χ0n) is 38.3. The number of pyridine rings is 2. The Kier molecular flexibility index (Phi) is 19.9. The summed E-state index contributed by atoms with van der Waals surface area (Å²) in [6, 6.07) is 27.2. The number of rotatable bonds is 13. The number of fused-ring (bicyclic) bond motifs is 2. The molecule has 67 heavy (non-hydrogen) atoms. The van der Waals surface area contributed by atoms with Crippen LogP contribution in [0, 0.1) is 23.0 Å². The van der Waals surface area contributed by atoms with Gasteiger partial charge < -0.3 is 25.6 Å². The van der Waals surface area contributed by atoms with Crippen molar-refractivity contribution in [1.82, 2.24) is 9.13 Å². The number of oxime groups is 1. The van der Waals surface area contributed by atoms with Crippen molar-refractivity contribution in [2.45, 2.75) is 104 Å². The van der Waals surface area contributed by atoms with Gasteiger partial charge in [-0.1, -0.05) is 11.2 Å². The fourth-order valence-corrected chi connectivity index (χ4v) is 7.08. The van der Waals surface area contributed by atoms with E-state index in [1.165, 1.54) is 24.3 Å². The van der Waals surface area contributed by atoms with Crippen LogP contribution in [0.25, 0.3) is 32.9 Å². The minimum absolute atomic E-state index is 0. The molecule has 4 aromatic carbocycles. The van der Waals surface area contributed by atoms with Gasteiger partial charge in [-0.05, 0) is 182 Å². The van der Waals surface area contributed by atoms with E-state index in [0.717, 1.165) is 5.69 Å². The van der Waals surface area contributed by atoms with Crippen LogP contribution in [-0.2, 0) is 31.9 Å². The molecule has 0 aliphatic carbocycles. The number of amidine groups is 1. The number of carbonyl (C=O) groups excluding carboxylic acids is 2. The van der Waals surface area contributed by atoms with Crippen LogP contribution in [0.2, 0.25) is 0 Å². The second kappa shape index (κ2) is 24.6. The van der Waals surface area contributed by atoms with Crippen LogP contribution >= 0.6 is 12.4 Å². The largest absolute Gasteiger partial charge is 0.460 e. The van der Waals surface area contributed by atoms with E-state index in [2.05, 4.69) is 17.1 Å². The zero-order chi connectivity index (χ0) is 48.8. The highest BCUT2D eigenvalue weighted by atomic mass is 35.5. The maximum atomic E-state index is 13.5. The third-order valence-electron chi connectivity index (χ3n) is 9.86. The van der Waals surface area contributed by atoms with Crippen molar-refractivity contribution in [3.8, 4) is 17.4 Å². The van der Waals surface area contributed by atoms with E-state index in [1.807, 2.05) is 53.7 Å². The first kappa shape index (κ1) is 54.4. The van der Waals surface area contributed by atoms with Gasteiger partial charge in [-0.3, -0.25) is 28.3 Å². The van der Waals surface area contributed by atoms with Crippen LogP contribution in [0.4, 0.5) is 8.78 Å². The van der Waals surface area contributed by atoms with Crippen molar-refractivity contribution >= 4 is 51.7 Å². The highest BCUT2D eigenvalue weighted by Gasteiger charge is 2.19. The smallest absolute Gasteiger partial charge is 0.306 e. The van der Waals surface area contributed by atoms with E-state index < -0.39 is 17.0 Å². The third-order valence-corrected chi connectivity index (χ3v) is 9.86. The highest BCUT2D eigenvalue weighted by Crippen LogP contribution is 2.23. The summed E-state index contributed by atoms with van der Waals surface area (Å²) >= 11 is 0. The topological polar surface area (TPSA) is 225 Å². The molecule has 6 rings (SSSR count). The predicted molar refractivity (Wildman–Crippen MR) is 256 cm³/mol. The monoisotopic (exact) mass is 942 g/mol. The Labute approximate surface area is 393 Å². The average Bonchev–Trinajstić information content (AvgIpc) is 3.26. The third kappa shape index (κ3) is 15.6. The Morgan fingerprint density at radius 3 is 1.45 bits per heavy atom. The molecule has 14 nitrogen and oxygen atoms in total. The van der Waals surface area contributed by atoms with Crippen LogP contribution < -0.4 is 22.7 Å². The number of halogens is 3. The summed E-state index contributed by atoms with van der Waals surface area (Å²) in [6.45, 7) is 11.0. The number of hydrogen-bond donors (Lipinski definition) is 4. The maximum absolute atomic E-state index is 13.5. The SMILES string of the molecule is CC(C)(C)OC(=O)CCCCc1cc2cc(/C(N)=N/O)ccc2c(=O)n1-c1ccc(F)cc1.CC(C)(C)OC(=O)CCCCc1cc2cc(C#N)ccc2c(=O)n1-c1ccc(F)cc1.Cl.NO. The van der Waals surface area contributed by atoms with Gasteiger partial charge in [0, 0.05) is 51.9 Å². The molecular weight excluding hydrogens is 886 g/mol. The molecule has 0 unspecified atom stereocenters. The number of unbranched alkanes of at least 4 members (excludes halogenated alkanes) is 2. The summed E-state index contributed by atoms with van der Waals surface area (Å²) < 4.78 is 40.7. The van der Waals surface area contributed by atoms with Crippen LogP contribution in [0.3, 0.4) is 0 Å². The Bertz CT molecular complexity index is 2840. The van der Waals surface area contributed by atoms with Gasteiger partial charge in [0.1, 0.15) is 22.8 Å². The van der Waals surface area contributed by atoms with Gasteiger partial charge in [0.15, 0.2) is 5.84 Å². The fraction of sp³-hybridized carbons (Fsp3) is 0.320. The van der Waals surface area contributed by atoms with E-state index in [1.54, 1.807) is 69.8 Å². The summed E-state index contributed by atoms with van der Waals surface area (Å²) in [5, 5.41) is 29.9. The van der Waals surface area contributed by atoms with E-state index in [4.69, 9.17) is 25.6 Å². The van der Waals surface area contributed by atoms with Crippen molar-refractivity contribution in [3.63, 3.8) is 0 Å². The second-order valence-electron chi connectivity index (χ2n) is 17.3. The standard InChI is InChI=1S/C25H28FN3O4.C25H25FN2O3.ClH.H3NO/c1-25(2,3)33-22(30)7-5-4-6-20-15-17-14-16(23(27)28-32)8-13-21(17)24(31)29(20)19-11-9-18(26)10-12-19;1-25(2,3)31-23(29)7-5-4-6-21-15-18-14-17(16-27)8-13-22(18)24(30)28(21)20-11-9-19(26)10-12-20;;1-2/h8-15,32H,4-7H2,1-3H3,(H2,27,28);8-15H,4-7H2,1-3H3;1H;2H,1H2. The number of aromatic nitrogens is 2. The number of esters is 2. The van der Waals surface area contributed by atoms with E-state index in [9.17, 15) is 33.2 Å². The molecule has 0 saturated carbocycles. The lowest BCUT2D eigenvalue weighted by atomic mass is 10.0. The normalized spacial score (nSPS) is 11.3. The summed E-state index contributed by atoms with van der Waals surface area (Å²) in [7, 11) is 0. The molecule has 356 valence electrons. The number of aryl methyl sites for hydroxylation is 2. The van der Waals surface area contributed by atoms with Gasteiger partial charge in [-0.15, -0.1) is 12.4 Å². The molecule has 0 radical (unpaired) electrons. The highest BCUT2D eigenvalue weighted by molar-refractivity contribution is 6.00. The number of ether oxygens (including phenoxy) is 2. The first-order chi connectivity index (χ1) is 31.3. The van der Waals surface area contributed by atoms with Crippen molar-refractivity contribution in [1.29, 1.82) is 5.26 Å². The number of carbonyl (C=O) groups is 2.